The van der Waals surface area contributed by atoms with Crippen molar-refractivity contribution in [2.24, 2.45) is 0 Å². The molecule has 0 aliphatic carbocycles. The minimum absolute atomic E-state index is 0.159. The summed E-state index contributed by atoms with van der Waals surface area (Å²) in [5.41, 5.74) is 0.128. The minimum Gasteiger partial charge on any atom is -0.467 e. The molecule has 0 aliphatic heterocycles. The van der Waals surface area contributed by atoms with Crippen molar-refractivity contribution >= 4 is 38.4 Å². The van der Waals surface area contributed by atoms with Gasteiger partial charge in [0.1, 0.15) is 6.33 Å². The van der Waals surface area contributed by atoms with Crippen LogP contribution in [0.1, 0.15) is 0 Å². The molecule has 2 aromatic carbocycles. The summed E-state index contributed by atoms with van der Waals surface area (Å²) in [5, 5.41) is 2.68. The SMILES string of the molecule is O=C(COc1ncnc2ccc(Br)cc12)Nc1ccc(F)c(F)c1F. The molecule has 0 bridgehead atoms. The zero-order valence-corrected chi connectivity index (χ0v) is 14.0. The Labute approximate surface area is 148 Å². The lowest BCUT2D eigenvalue weighted by Gasteiger charge is -2.09. The van der Waals surface area contributed by atoms with Gasteiger partial charge in [-0.25, -0.2) is 23.1 Å². The number of amides is 1. The second kappa shape index (κ2) is 7.06. The van der Waals surface area contributed by atoms with Crippen molar-refractivity contribution in [1.29, 1.82) is 0 Å². The number of aromatic nitrogens is 2. The Kier molecular flexibility index (Phi) is 4.84. The van der Waals surface area contributed by atoms with Crippen LogP contribution in [0.15, 0.2) is 41.1 Å². The van der Waals surface area contributed by atoms with Crippen molar-refractivity contribution in [1.82, 2.24) is 9.97 Å². The van der Waals surface area contributed by atoms with E-state index in [0.29, 0.717) is 17.0 Å². The Balaban J connectivity index is 1.73. The highest BCUT2D eigenvalue weighted by molar-refractivity contribution is 9.10. The molecular formula is C16H9BrF3N3O2. The topological polar surface area (TPSA) is 64.1 Å². The maximum atomic E-state index is 13.5. The zero-order chi connectivity index (χ0) is 18.0. The molecule has 3 rings (SSSR count). The summed E-state index contributed by atoms with van der Waals surface area (Å²) in [4.78, 5) is 19.9. The molecule has 0 saturated carbocycles. The lowest BCUT2D eigenvalue weighted by molar-refractivity contribution is -0.118. The first-order valence-corrected chi connectivity index (χ1v) is 7.71. The molecule has 128 valence electrons. The van der Waals surface area contributed by atoms with Gasteiger partial charge in [-0.15, -0.1) is 0 Å². The van der Waals surface area contributed by atoms with E-state index in [1.807, 2.05) is 0 Å². The largest absolute Gasteiger partial charge is 0.467 e. The number of halogens is 4. The van der Waals surface area contributed by atoms with Gasteiger partial charge in [-0.3, -0.25) is 4.79 Å². The van der Waals surface area contributed by atoms with Gasteiger partial charge in [-0.2, -0.15) is 0 Å². The molecule has 1 aromatic heterocycles. The van der Waals surface area contributed by atoms with Crippen LogP contribution in [-0.2, 0) is 4.79 Å². The molecule has 0 aliphatic rings. The lowest BCUT2D eigenvalue weighted by Crippen LogP contribution is -2.21. The summed E-state index contributed by atoms with van der Waals surface area (Å²) in [6.07, 6.45) is 1.28. The zero-order valence-electron chi connectivity index (χ0n) is 12.4. The number of nitrogens with one attached hydrogen (secondary N) is 1. The van der Waals surface area contributed by atoms with E-state index in [1.54, 1.807) is 18.2 Å². The molecule has 1 heterocycles. The lowest BCUT2D eigenvalue weighted by atomic mass is 10.2. The third-order valence-corrected chi connectivity index (χ3v) is 3.70. The molecule has 25 heavy (non-hydrogen) atoms. The summed E-state index contributed by atoms with van der Waals surface area (Å²) < 4.78 is 45.7. The van der Waals surface area contributed by atoms with Gasteiger partial charge in [-0.1, -0.05) is 15.9 Å². The highest BCUT2D eigenvalue weighted by Crippen LogP contribution is 2.25. The van der Waals surface area contributed by atoms with Crippen molar-refractivity contribution in [3.05, 3.63) is 58.6 Å². The first-order chi connectivity index (χ1) is 12.0. The smallest absolute Gasteiger partial charge is 0.262 e. The molecular weight excluding hydrogens is 403 g/mol. The van der Waals surface area contributed by atoms with Crippen molar-refractivity contribution < 1.29 is 22.7 Å². The van der Waals surface area contributed by atoms with Crippen LogP contribution in [0.3, 0.4) is 0 Å². The van der Waals surface area contributed by atoms with Gasteiger partial charge in [0.15, 0.2) is 24.1 Å². The average molecular weight is 412 g/mol. The number of fused-ring (bicyclic) bond motifs is 1. The summed E-state index contributed by atoms with van der Waals surface area (Å²) >= 11 is 3.31. The summed E-state index contributed by atoms with van der Waals surface area (Å²) in [6, 6.07) is 6.88. The molecule has 0 unspecified atom stereocenters. The normalized spacial score (nSPS) is 10.7. The van der Waals surface area contributed by atoms with Gasteiger partial charge in [0, 0.05) is 4.47 Å². The van der Waals surface area contributed by atoms with Gasteiger partial charge in [0.05, 0.1) is 16.6 Å². The molecule has 1 N–H and O–H groups in total. The Morgan fingerprint density at radius 3 is 2.72 bits per heavy atom. The quantitative estimate of drug-likeness (QED) is 0.662. The molecule has 3 aromatic rings. The highest BCUT2D eigenvalue weighted by atomic mass is 79.9. The number of ether oxygens (including phenoxy) is 1. The number of rotatable bonds is 4. The Morgan fingerprint density at radius 1 is 1.12 bits per heavy atom. The third-order valence-electron chi connectivity index (χ3n) is 3.21. The fourth-order valence-electron chi connectivity index (χ4n) is 2.06. The van der Waals surface area contributed by atoms with E-state index in [-0.39, 0.29) is 5.88 Å². The molecule has 0 radical (unpaired) electrons. The maximum Gasteiger partial charge on any atom is 0.262 e. The third kappa shape index (κ3) is 3.71. The predicted molar refractivity (Wildman–Crippen MR) is 87.7 cm³/mol. The van der Waals surface area contributed by atoms with Gasteiger partial charge < -0.3 is 10.1 Å². The molecule has 0 saturated heterocycles. The maximum absolute atomic E-state index is 13.5. The van der Waals surface area contributed by atoms with Gasteiger partial charge in [0.2, 0.25) is 5.88 Å². The van der Waals surface area contributed by atoms with Crippen molar-refractivity contribution in [3.63, 3.8) is 0 Å². The van der Waals surface area contributed by atoms with Crippen molar-refractivity contribution in [2.45, 2.75) is 0 Å². The predicted octanol–water partition coefficient (Wildman–Crippen LogP) is 3.83. The molecule has 0 spiro atoms. The number of hydrogen-bond acceptors (Lipinski definition) is 4. The van der Waals surface area contributed by atoms with E-state index >= 15 is 0 Å². The van der Waals surface area contributed by atoms with Crippen LogP contribution >= 0.6 is 15.9 Å². The standard InChI is InChI=1S/C16H9BrF3N3O2/c17-8-1-3-11-9(5-8)16(22-7-21-11)25-6-13(24)23-12-4-2-10(18)14(19)15(12)20/h1-5,7H,6H2,(H,23,24). The van der Waals surface area contributed by atoms with E-state index in [0.717, 1.165) is 10.5 Å². The summed E-state index contributed by atoms with van der Waals surface area (Å²) in [6.45, 7) is -0.503. The van der Waals surface area contributed by atoms with Crippen LogP contribution in [0.4, 0.5) is 18.9 Å². The molecule has 1 amide bonds. The average Bonchev–Trinajstić information content (AvgIpc) is 2.60. The van der Waals surface area contributed by atoms with Gasteiger partial charge >= 0.3 is 0 Å². The van der Waals surface area contributed by atoms with Crippen LogP contribution in [0, 0.1) is 17.5 Å². The first kappa shape index (κ1) is 17.2. The highest BCUT2D eigenvalue weighted by Gasteiger charge is 2.16. The number of nitrogens with zero attached hydrogens (tertiary/aromatic N) is 2. The number of anilines is 1. The van der Waals surface area contributed by atoms with Crippen LogP contribution < -0.4 is 10.1 Å². The Morgan fingerprint density at radius 2 is 1.92 bits per heavy atom. The number of benzene rings is 2. The first-order valence-electron chi connectivity index (χ1n) is 6.92. The molecule has 9 heteroatoms. The van der Waals surface area contributed by atoms with Crippen molar-refractivity contribution in [2.75, 3.05) is 11.9 Å². The van der Waals surface area contributed by atoms with E-state index in [9.17, 15) is 18.0 Å². The van der Waals surface area contributed by atoms with E-state index in [4.69, 9.17) is 4.74 Å². The van der Waals surface area contributed by atoms with Gasteiger partial charge in [-0.05, 0) is 30.3 Å². The molecule has 0 fully saturated rings. The number of hydrogen-bond donors (Lipinski definition) is 1. The molecule has 5 nitrogen and oxygen atoms in total. The van der Waals surface area contributed by atoms with E-state index in [1.165, 1.54) is 6.33 Å². The van der Waals surface area contributed by atoms with E-state index < -0.39 is 35.7 Å². The summed E-state index contributed by atoms with van der Waals surface area (Å²) in [7, 11) is 0. The number of carbonyl (C=O) groups is 1. The fourth-order valence-corrected chi connectivity index (χ4v) is 2.42. The van der Waals surface area contributed by atoms with E-state index in [2.05, 4.69) is 31.2 Å². The molecule has 0 atom stereocenters. The fraction of sp³-hybridized carbons (Fsp3) is 0.0625. The van der Waals surface area contributed by atoms with Crippen LogP contribution in [0.5, 0.6) is 5.88 Å². The summed E-state index contributed by atoms with van der Waals surface area (Å²) in [5.74, 6) is -5.08. The van der Waals surface area contributed by atoms with Crippen LogP contribution in [-0.4, -0.2) is 22.5 Å². The number of carbonyl (C=O) groups excluding carboxylic acids is 1. The van der Waals surface area contributed by atoms with Crippen LogP contribution in [0.2, 0.25) is 0 Å². The van der Waals surface area contributed by atoms with Gasteiger partial charge in [0.25, 0.3) is 5.91 Å². The second-order valence-electron chi connectivity index (χ2n) is 4.90. The van der Waals surface area contributed by atoms with Crippen LogP contribution in [0.25, 0.3) is 10.9 Å². The monoisotopic (exact) mass is 411 g/mol. The second-order valence-corrected chi connectivity index (χ2v) is 5.82. The Bertz CT molecular complexity index is 969. The van der Waals surface area contributed by atoms with Crippen molar-refractivity contribution in [3.8, 4) is 5.88 Å². The minimum atomic E-state index is -1.66. The Hall–Kier alpha value is -2.68.